The molecular weight excluding hydrogens is 490 g/mol. The van der Waals surface area contributed by atoms with E-state index in [2.05, 4.69) is 19.2 Å². The summed E-state index contributed by atoms with van der Waals surface area (Å²) in [7, 11) is 3.29. The number of hydrogen-bond acceptors (Lipinski definition) is 8. The number of anilines is 2. The molecule has 2 aliphatic carbocycles. The van der Waals surface area contributed by atoms with Crippen LogP contribution in [-0.2, 0) is 16.0 Å². The molecule has 8 nitrogen and oxygen atoms in total. The number of methoxy groups -OCH3 is 2. The van der Waals surface area contributed by atoms with Crippen molar-refractivity contribution in [2.24, 2.45) is 23.2 Å². The summed E-state index contributed by atoms with van der Waals surface area (Å²) in [6.45, 7) is 8.96. The first-order chi connectivity index (χ1) is 17.8. The summed E-state index contributed by atoms with van der Waals surface area (Å²) in [5, 5.41) is 16.0. The zero-order valence-electron chi connectivity index (χ0n) is 22.5. The number of morpholine rings is 1. The zero-order chi connectivity index (χ0) is 26.3. The van der Waals surface area contributed by atoms with Crippen LogP contribution in [0, 0.1) is 23.2 Å². The van der Waals surface area contributed by atoms with E-state index in [1.165, 1.54) is 4.88 Å². The Morgan fingerprint density at radius 2 is 2.05 bits per heavy atom. The van der Waals surface area contributed by atoms with E-state index in [-0.39, 0.29) is 35.0 Å². The highest BCUT2D eigenvalue weighted by Crippen LogP contribution is 2.57. The van der Waals surface area contributed by atoms with Crippen molar-refractivity contribution in [3.05, 3.63) is 28.8 Å². The van der Waals surface area contributed by atoms with Gasteiger partial charge in [0.1, 0.15) is 11.5 Å². The van der Waals surface area contributed by atoms with Gasteiger partial charge in [-0.2, -0.15) is 0 Å². The SMILES string of the molecule is COc1ccc(OC)c(Nc2nc3c(s2)CC2(C)CCC(C(C)C(=O)N4CCOCC4)C(O)C2C3C)c1. The minimum absolute atomic E-state index is 0.0263. The van der Waals surface area contributed by atoms with Crippen LogP contribution in [-0.4, -0.2) is 67.5 Å². The maximum absolute atomic E-state index is 13.3. The Kier molecular flexibility index (Phi) is 7.40. The lowest BCUT2D eigenvalue weighted by Crippen LogP contribution is -2.54. The van der Waals surface area contributed by atoms with Gasteiger partial charge in [0.05, 0.1) is 44.9 Å². The summed E-state index contributed by atoms with van der Waals surface area (Å²) in [5.74, 6) is 1.50. The lowest BCUT2D eigenvalue weighted by molar-refractivity contribution is -0.148. The first-order valence-corrected chi connectivity index (χ1v) is 14.1. The van der Waals surface area contributed by atoms with Gasteiger partial charge in [-0.25, -0.2) is 4.98 Å². The average Bonchev–Trinajstić information content (AvgIpc) is 3.30. The van der Waals surface area contributed by atoms with E-state index in [0.29, 0.717) is 26.3 Å². The summed E-state index contributed by atoms with van der Waals surface area (Å²) in [4.78, 5) is 21.4. The van der Waals surface area contributed by atoms with Gasteiger partial charge in [0.15, 0.2) is 5.13 Å². The predicted octanol–water partition coefficient (Wildman–Crippen LogP) is 4.45. The van der Waals surface area contributed by atoms with Gasteiger partial charge in [-0.1, -0.05) is 20.8 Å². The van der Waals surface area contributed by atoms with Gasteiger partial charge in [-0.15, -0.1) is 11.3 Å². The third-order valence-corrected chi connectivity index (χ3v) is 9.91. The lowest BCUT2D eigenvalue weighted by atomic mass is 9.53. The van der Waals surface area contributed by atoms with Gasteiger partial charge < -0.3 is 29.5 Å². The van der Waals surface area contributed by atoms with E-state index < -0.39 is 6.10 Å². The second-order valence-corrected chi connectivity index (χ2v) is 12.2. The van der Waals surface area contributed by atoms with Crippen molar-refractivity contribution < 1.29 is 24.1 Å². The first-order valence-electron chi connectivity index (χ1n) is 13.3. The van der Waals surface area contributed by atoms with E-state index in [1.54, 1.807) is 25.6 Å². The lowest BCUT2D eigenvalue weighted by Gasteiger charge is -2.53. The van der Waals surface area contributed by atoms with E-state index >= 15 is 0 Å². The largest absolute Gasteiger partial charge is 0.497 e. The number of carbonyl (C=O) groups is 1. The van der Waals surface area contributed by atoms with E-state index in [1.807, 2.05) is 30.0 Å². The van der Waals surface area contributed by atoms with Gasteiger partial charge in [0.25, 0.3) is 0 Å². The average molecular weight is 530 g/mol. The van der Waals surface area contributed by atoms with Gasteiger partial charge in [0.2, 0.25) is 5.91 Å². The number of benzene rings is 1. The minimum atomic E-state index is -0.543. The molecule has 2 N–H and O–H groups in total. The van der Waals surface area contributed by atoms with Gasteiger partial charge in [-0.3, -0.25) is 4.79 Å². The molecule has 2 fully saturated rings. The number of fused-ring (bicyclic) bond motifs is 2. The van der Waals surface area contributed by atoms with Crippen molar-refractivity contribution in [1.82, 2.24) is 9.88 Å². The molecule has 6 atom stereocenters. The van der Waals surface area contributed by atoms with Crippen LogP contribution in [0.2, 0.25) is 0 Å². The van der Waals surface area contributed by atoms with Crippen LogP contribution in [0.15, 0.2) is 18.2 Å². The molecule has 2 heterocycles. The van der Waals surface area contributed by atoms with E-state index in [0.717, 1.165) is 47.3 Å². The number of aromatic nitrogens is 1. The van der Waals surface area contributed by atoms with Crippen LogP contribution in [0.1, 0.15) is 50.1 Å². The number of aliphatic hydroxyl groups is 1. The Balaban J connectivity index is 1.37. The van der Waals surface area contributed by atoms with Crippen LogP contribution < -0.4 is 14.8 Å². The molecule has 1 saturated carbocycles. The summed E-state index contributed by atoms with van der Waals surface area (Å²) in [6.07, 6.45) is 2.20. The highest BCUT2D eigenvalue weighted by molar-refractivity contribution is 7.15. The molecule has 6 unspecified atom stereocenters. The van der Waals surface area contributed by atoms with Gasteiger partial charge in [-0.05, 0) is 48.6 Å². The smallest absolute Gasteiger partial charge is 0.225 e. The fourth-order valence-corrected chi connectivity index (χ4v) is 8.16. The Morgan fingerprint density at radius 1 is 1.30 bits per heavy atom. The Labute approximate surface area is 223 Å². The number of thiazole rings is 1. The summed E-state index contributed by atoms with van der Waals surface area (Å²) >= 11 is 1.68. The van der Waals surface area contributed by atoms with Crippen LogP contribution in [0.25, 0.3) is 0 Å². The highest BCUT2D eigenvalue weighted by atomic mass is 32.1. The van der Waals surface area contributed by atoms with Crippen molar-refractivity contribution in [1.29, 1.82) is 0 Å². The van der Waals surface area contributed by atoms with Crippen LogP contribution >= 0.6 is 11.3 Å². The summed E-state index contributed by atoms with van der Waals surface area (Å²) in [6, 6.07) is 5.65. The maximum Gasteiger partial charge on any atom is 0.225 e. The summed E-state index contributed by atoms with van der Waals surface area (Å²) in [5.41, 5.74) is 1.84. The number of carbonyl (C=O) groups excluding carboxylic acids is 1. The molecule has 5 rings (SSSR count). The molecule has 1 aromatic heterocycles. The Bertz CT molecular complexity index is 1130. The number of amides is 1. The molecule has 1 aliphatic heterocycles. The van der Waals surface area contributed by atoms with Crippen molar-refractivity contribution >= 4 is 28.1 Å². The molecule has 1 saturated heterocycles. The second kappa shape index (κ2) is 10.4. The van der Waals surface area contributed by atoms with Gasteiger partial charge in [0, 0.05) is 35.9 Å². The monoisotopic (exact) mass is 529 g/mol. The van der Waals surface area contributed by atoms with Crippen molar-refractivity contribution in [3.63, 3.8) is 0 Å². The standard InChI is InChI=1S/C28H39N3O5S/c1-16(26(33)31-10-12-36-13-11-31)19-8-9-28(3)15-22-24(17(2)23(28)25(19)32)30-27(37-22)29-20-14-18(34-4)6-7-21(20)35-5/h6-7,14,16-17,19,23,25,32H,8-13,15H2,1-5H3,(H,29,30). The number of aliphatic hydroxyl groups excluding tert-OH is 1. The van der Waals surface area contributed by atoms with Crippen LogP contribution in [0.5, 0.6) is 11.5 Å². The normalized spacial score (nSPS) is 30.2. The summed E-state index contributed by atoms with van der Waals surface area (Å²) < 4.78 is 16.3. The molecule has 3 aliphatic rings. The molecule has 0 radical (unpaired) electrons. The zero-order valence-corrected chi connectivity index (χ0v) is 23.3. The Morgan fingerprint density at radius 3 is 2.76 bits per heavy atom. The van der Waals surface area contributed by atoms with Crippen molar-refractivity contribution in [3.8, 4) is 11.5 Å². The molecule has 1 amide bonds. The fourth-order valence-electron chi connectivity index (χ4n) is 6.88. The molecule has 0 spiro atoms. The molecule has 0 bridgehead atoms. The molecule has 2 aromatic rings. The van der Waals surface area contributed by atoms with E-state index in [9.17, 15) is 9.90 Å². The number of nitrogens with zero attached hydrogens (tertiary/aromatic N) is 2. The highest BCUT2D eigenvalue weighted by Gasteiger charge is 2.54. The van der Waals surface area contributed by atoms with E-state index in [4.69, 9.17) is 19.2 Å². The van der Waals surface area contributed by atoms with Crippen LogP contribution in [0.3, 0.4) is 0 Å². The van der Waals surface area contributed by atoms with Gasteiger partial charge >= 0.3 is 0 Å². The third-order valence-electron chi connectivity index (χ3n) is 8.92. The molecule has 1 aromatic carbocycles. The molecule has 9 heteroatoms. The maximum atomic E-state index is 13.3. The number of ether oxygens (including phenoxy) is 3. The fraction of sp³-hybridized carbons (Fsp3) is 0.643. The predicted molar refractivity (Wildman–Crippen MR) is 144 cm³/mol. The minimum Gasteiger partial charge on any atom is -0.497 e. The molecule has 37 heavy (non-hydrogen) atoms. The quantitative estimate of drug-likeness (QED) is 0.571. The van der Waals surface area contributed by atoms with Crippen molar-refractivity contribution in [2.75, 3.05) is 45.8 Å². The molecular formula is C28H39N3O5S. The Hall–Kier alpha value is -2.36. The van der Waals surface area contributed by atoms with Crippen molar-refractivity contribution in [2.45, 2.75) is 52.1 Å². The third kappa shape index (κ3) is 4.81. The second-order valence-electron chi connectivity index (χ2n) is 11.1. The number of rotatable bonds is 6. The van der Waals surface area contributed by atoms with Crippen LogP contribution in [0.4, 0.5) is 10.8 Å². The molecule has 202 valence electrons. The number of nitrogens with one attached hydrogen (secondary N) is 1. The topological polar surface area (TPSA) is 93.2 Å². The first kappa shape index (κ1) is 26.3. The number of hydrogen-bond donors (Lipinski definition) is 2.